The second-order valence-electron chi connectivity index (χ2n) is 4.33. The largest absolute Gasteiger partial charge is 0.301 e. The lowest BCUT2D eigenvalue weighted by Crippen LogP contribution is -2.07. The molecular formula is C12H13Cl2N3S. The van der Waals surface area contributed by atoms with Gasteiger partial charge in [-0.05, 0) is 43.8 Å². The van der Waals surface area contributed by atoms with Crippen molar-refractivity contribution in [3.63, 3.8) is 0 Å². The zero-order chi connectivity index (χ0) is 13.3. The molecule has 0 aliphatic carbocycles. The Morgan fingerprint density at radius 1 is 1.33 bits per heavy atom. The zero-order valence-corrected chi connectivity index (χ0v) is 12.4. The fourth-order valence-electron chi connectivity index (χ4n) is 1.83. The SMILES string of the molecule is CC(C)n1c(Cc2ccc(Cl)c(Cl)c2)n[nH]c1=S. The molecule has 1 N–H and O–H groups in total. The molecule has 18 heavy (non-hydrogen) atoms. The zero-order valence-electron chi connectivity index (χ0n) is 10.1. The summed E-state index contributed by atoms with van der Waals surface area (Å²) in [5.41, 5.74) is 1.06. The number of hydrogen-bond donors (Lipinski definition) is 1. The van der Waals surface area contributed by atoms with Gasteiger partial charge in [0.1, 0.15) is 5.82 Å². The Hall–Kier alpha value is -0.840. The standard InChI is InChI=1S/C12H13Cl2N3S/c1-7(2)17-11(15-16-12(17)18)6-8-3-4-9(13)10(14)5-8/h3-5,7H,6H2,1-2H3,(H,16,18). The molecule has 0 bridgehead atoms. The van der Waals surface area contributed by atoms with E-state index in [2.05, 4.69) is 24.0 Å². The van der Waals surface area contributed by atoms with Gasteiger partial charge in [0.05, 0.1) is 10.0 Å². The highest BCUT2D eigenvalue weighted by molar-refractivity contribution is 7.71. The summed E-state index contributed by atoms with van der Waals surface area (Å²) in [6.45, 7) is 4.15. The third-order valence-corrected chi connectivity index (χ3v) is 3.67. The van der Waals surface area contributed by atoms with Crippen molar-refractivity contribution in [2.24, 2.45) is 0 Å². The maximum atomic E-state index is 6.00. The van der Waals surface area contributed by atoms with E-state index < -0.39 is 0 Å². The molecule has 0 atom stereocenters. The molecule has 2 rings (SSSR count). The molecule has 0 unspecified atom stereocenters. The highest BCUT2D eigenvalue weighted by Gasteiger charge is 2.10. The van der Waals surface area contributed by atoms with Crippen LogP contribution in [0.4, 0.5) is 0 Å². The molecule has 0 saturated heterocycles. The van der Waals surface area contributed by atoms with E-state index >= 15 is 0 Å². The normalized spacial score (nSPS) is 11.2. The molecule has 0 aliphatic rings. The molecule has 1 aromatic heterocycles. The maximum Gasteiger partial charge on any atom is 0.195 e. The van der Waals surface area contributed by atoms with Gasteiger partial charge in [-0.2, -0.15) is 5.10 Å². The van der Waals surface area contributed by atoms with E-state index in [4.69, 9.17) is 35.4 Å². The summed E-state index contributed by atoms with van der Waals surface area (Å²) in [5.74, 6) is 0.897. The number of hydrogen-bond acceptors (Lipinski definition) is 2. The van der Waals surface area contributed by atoms with Crippen molar-refractivity contribution in [1.82, 2.24) is 14.8 Å². The predicted molar refractivity (Wildman–Crippen MR) is 77.1 cm³/mol. The highest BCUT2D eigenvalue weighted by atomic mass is 35.5. The Balaban J connectivity index is 2.34. The molecule has 0 saturated carbocycles. The Labute approximate surface area is 121 Å². The van der Waals surface area contributed by atoms with E-state index in [9.17, 15) is 0 Å². The van der Waals surface area contributed by atoms with Gasteiger partial charge >= 0.3 is 0 Å². The van der Waals surface area contributed by atoms with E-state index in [1.54, 1.807) is 6.07 Å². The van der Waals surface area contributed by atoms with Gasteiger partial charge in [-0.3, -0.25) is 5.10 Å². The Morgan fingerprint density at radius 3 is 2.67 bits per heavy atom. The monoisotopic (exact) mass is 301 g/mol. The highest BCUT2D eigenvalue weighted by Crippen LogP contribution is 2.24. The van der Waals surface area contributed by atoms with Gasteiger partial charge in [-0.15, -0.1) is 0 Å². The fourth-order valence-corrected chi connectivity index (χ4v) is 2.51. The lowest BCUT2D eigenvalue weighted by Gasteiger charge is -2.10. The molecule has 0 amide bonds. The topological polar surface area (TPSA) is 33.6 Å². The number of halogens is 2. The first kappa shape index (κ1) is 13.6. The number of nitrogens with zero attached hydrogens (tertiary/aromatic N) is 2. The first-order chi connectivity index (χ1) is 8.49. The molecule has 0 spiro atoms. The van der Waals surface area contributed by atoms with Crippen molar-refractivity contribution < 1.29 is 0 Å². The van der Waals surface area contributed by atoms with Crippen LogP contribution in [-0.4, -0.2) is 14.8 Å². The van der Waals surface area contributed by atoms with E-state index in [-0.39, 0.29) is 6.04 Å². The lowest BCUT2D eigenvalue weighted by atomic mass is 10.1. The molecule has 96 valence electrons. The van der Waals surface area contributed by atoms with Crippen LogP contribution in [-0.2, 0) is 6.42 Å². The van der Waals surface area contributed by atoms with Gasteiger partial charge in [-0.25, -0.2) is 0 Å². The molecule has 1 heterocycles. The van der Waals surface area contributed by atoms with Crippen molar-refractivity contribution in [3.8, 4) is 0 Å². The van der Waals surface area contributed by atoms with Crippen molar-refractivity contribution in [3.05, 3.63) is 44.4 Å². The molecule has 0 radical (unpaired) electrons. The van der Waals surface area contributed by atoms with Crippen molar-refractivity contribution in [2.45, 2.75) is 26.3 Å². The first-order valence-electron chi connectivity index (χ1n) is 5.58. The summed E-state index contributed by atoms with van der Waals surface area (Å²) in [5, 5.41) is 8.19. The van der Waals surface area contributed by atoms with E-state index in [0.29, 0.717) is 21.2 Å². The number of nitrogens with one attached hydrogen (secondary N) is 1. The van der Waals surface area contributed by atoms with Crippen LogP contribution in [0.1, 0.15) is 31.3 Å². The van der Waals surface area contributed by atoms with Crippen molar-refractivity contribution in [2.75, 3.05) is 0 Å². The smallest absolute Gasteiger partial charge is 0.195 e. The molecule has 0 aliphatic heterocycles. The number of rotatable bonds is 3. The molecule has 0 fully saturated rings. The third kappa shape index (κ3) is 2.76. The average molecular weight is 302 g/mol. The van der Waals surface area contributed by atoms with Crippen LogP contribution in [0.3, 0.4) is 0 Å². The summed E-state index contributed by atoms with van der Waals surface area (Å²) in [6.07, 6.45) is 0.669. The quantitative estimate of drug-likeness (QED) is 0.852. The molecule has 2 aromatic rings. The fraction of sp³-hybridized carbons (Fsp3) is 0.333. The predicted octanol–water partition coefficient (Wildman–Crippen LogP) is 4.42. The van der Waals surface area contributed by atoms with Gasteiger partial charge in [0.25, 0.3) is 0 Å². The molecule has 3 nitrogen and oxygen atoms in total. The number of benzene rings is 1. The Bertz CT molecular complexity index is 616. The average Bonchev–Trinajstić information content (AvgIpc) is 2.65. The summed E-state index contributed by atoms with van der Waals surface area (Å²) in [4.78, 5) is 0. The number of H-pyrrole nitrogens is 1. The Kier molecular flexibility index (Phi) is 4.10. The Morgan fingerprint density at radius 2 is 2.06 bits per heavy atom. The lowest BCUT2D eigenvalue weighted by molar-refractivity contribution is 0.567. The van der Waals surface area contributed by atoms with Crippen LogP contribution in [0.2, 0.25) is 10.0 Å². The van der Waals surface area contributed by atoms with Crippen LogP contribution in [0, 0.1) is 4.77 Å². The van der Waals surface area contributed by atoms with Crippen LogP contribution < -0.4 is 0 Å². The van der Waals surface area contributed by atoms with Gasteiger partial charge in [-0.1, -0.05) is 29.3 Å². The van der Waals surface area contributed by atoms with Crippen molar-refractivity contribution >= 4 is 35.4 Å². The summed E-state index contributed by atoms with van der Waals surface area (Å²) in [7, 11) is 0. The van der Waals surface area contributed by atoms with Crippen LogP contribution in [0.5, 0.6) is 0 Å². The van der Waals surface area contributed by atoms with Crippen LogP contribution in [0.25, 0.3) is 0 Å². The van der Waals surface area contributed by atoms with E-state index in [0.717, 1.165) is 11.4 Å². The van der Waals surface area contributed by atoms with E-state index in [1.807, 2.05) is 16.7 Å². The number of aromatic nitrogens is 3. The van der Waals surface area contributed by atoms with Gasteiger partial charge in [0, 0.05) is 12.5 Å². The van der Waals surface area contributed by atoms with Gasteiger partial charge in [0.15, 0.2) is 4.77 Å². The van der Waals surface area contributed by atoms with Gasteiger partial charge < -0.3 is 4.57 Å². The second kappa shape index (κ2) is 5.43. The van der Waals surface area contributed by atoms with Crippen LogP contribution >= 0.6 is 35.4 Å². The van der Waals surface area contributed by atoms with Crippen molar-refractivity contribution in [1.29, 1.82) is 0 Å². The first-order valence-corrected chi connectivity index (χ1v) is 6.75. The number of aromatic amines is 1. The minimum atomic E-state index is 0.272. The summed E-state index contributed by atoms with van der Waals surface area (Å²) >= 11 is 17.1. The minimum absolute atomic E-state index is 0.272. The minimum Gasteiger partial charge on any atom is -0.301 e. The molecule has 6 heteroatoms. The molecular weight excluding hydrogens is 289 g/mol. The van der Waals surface area contributed by atoms with Gasteiger partial charge in [0.2, 0.25) is 0 Å². The van der Waals surface area contributed by atoms with Crippen LogP contribution in [0.15, 0.2) is 18.2 Å². The van der Waals surface area contributed by atoms with E-state index in [1.165, 1.54) is 0 Å². The third-order valence-electron chi connectivity index (χ3n) is 2.64. The maximum absolute atomic E-state index is 6.00. The second-order valence-corrected chi connectivity index (χ2v) is 5.54. The summed E-state index contributed by atoms with van der Waals surface area (Å²) in [6, 6.07) is 5.86. The summed E-state index contributed by atoms with van der Waals surface area (Å²) < 4.78 is 2.64. The molecule has 1 aromatic carbocycles.